The van der Waals surface area contributed by atoms with Crippen LogP contribution in [-0.4, -0.2) is 21.9 Å². The first-order valence-electron chi connectivity index (χ1n) is 5.62. The van der Waals surface area contributed by atoms with Crippen LogP contribution < -0.4 is 5.32 Å². The number of rotatable bonds is 5. The van der Waals surface area contributed by atoms with E-state index in [9.17, 15) is 4.79 Å². The molecule has 0 radical (unpaired) electrons. The normalized spacial score (nSPS) is 10.4. The third-order valence-electron chi connectivity index (χ3n) is 2.19. The molecule has 7 heteroatoms. The van der Waals surface area contributed by atoms with Crippen LogP contribution in [0.1, 0.15) is 11.4 Å². The van der Waals surface area contributed by atoms with Crippen molar-refractivity contribution in [1.82, 2.24) is 10.2 Å². The van der Waals surface area contributed by atoms with E-state index in [1.54, 1.807) is 23.1 Å². The molecule has 0 saturated heterocycles. The Morgan fingerprint density at radius 3 is 2.74 bits per heavy atom. The maximum Gasteiger partial charge on any atom is 0.225 e. The highest BCUT2D eigenvalue weighted by atomic mass is 79.9. The summed E-state index contributed by atoms with van der Waals surface area (Å²) in [6.07, 6.45) is 0.458. The van der Waals surface area contributed by atoms with Gasteiger partial charge in [-0.15, -0.1) is 10.2 Å². The third kappa shape index (κ3) is 4.93. The van der Waals surface area contributed by atoms with Gasteiger partial charge in [-0.25, -0.2) is 0 Å². The van der Waals surface area contributed by atoms with Crippen LogP contribution in [0.15, 0.2) is 33.1 Å². The summed E-state index contributed by atoms with van der Waals surface area (Å²) in [4.78, 5) is 11.7. The van der Waals surface area contributed by atoms with Crippen molar-refractivity contribution in [3.05, 3.63) is 33.7 Å². The third-order valence-corrected chi connectivity index (χ3v) is 4.69. The minimum atomic E-state index is 0.0102. The highest BCUT2D eigenvalue weighted by Crippen LogP contribution is 2.22. The van der Waals surface area contributed by atoms with Crippen molar-refractivity contribution in [2.24, 2.45) is 0 Å². The summed E-state index contributed by atoms with van der Waals surface area (Å²) < 4.78 is 1.90. The van der Waals surface area contributed by atoms with Crippen LogP contribution in [0.2, 0.25) is 0 Å². The molecule has 0 spiro atoms. The van der Waals surface area contributed by atoms with Gasteiger partial charge in [0, 0.05) is 22.3 Å². The second-order valence-electron chi connectivity index (χ2n) is 3.74. The number of aryl methyl sites for hydroxylation is 1. The number of thioether (sulfide) groups is 1. The molecule has 2 rings (SSSR count). The molecule has 1 aromatic heterocycles. The molecule has 0 unspecified atom stereocenters. The lowest BCUT2D eigenvalue weighted by Gasteiger charge is -2.04. The van der Waals surface area contributed by atoms with Gasteiger partial charge in [-0.2, -0.15) is 0 Å². The molecule has 0 aliphatic heterocycles. The summed E-state index contributed by atoms with van der Waals surface area (Å²) in [7, 11) is 0. The van der Waals surface area contributed by atoms with E-state index in [2.05, 4.69) is 31.4 Å². The zero-order valence-corrected chi connectivity index (χ0v) is 13.4. The fourth-order valence-corrected chi connectivity index (χ4v) is 3.41. The lowest BCUT2D eigenvalue weighted by molar-refractivity contribution is -0.115. The molecule has 1 N–H and O–H groups in total. The average Bonchev–Trinajstić information content (AvgIpc) is 2.78. The second-order valence-corrected chi connectivity index (χ2v) is 7.18. The van der Waals surface area contributed by atoms with Crippen LogP contribution in [0.25, 0.3) is 0 Å². The van der Waals surface area contributed by atoms with Crippen molar-refractivity contribution in [3.8, 4) is 0 Å². The Hall–Kier alpha value is -0.920. The molecule has 0 bridgehead atoms. The van der Waals surface area contributed by atoms with E-state index < -0.39 is 0 Å². The quantitative estimate of drug-likeness (QED) is 0.828. The van der Waals surface area contributed by atoms with Crippen LogP contribution in [0, 0.1) is 6.92 Å². The molecule has 19 heavy (non-hydrogen) atoms. The number of anilines is 1. The molecule has 100 valence electrons. The molecule has 0 aliphatic rings. The Morgan fingerprint density at radius 1 is 1.37 bits per heavy atom. The van der Waals surface area contributed by atoms with Crippen LogP contribution in [0.3, 0.4) is 0 Å². The number of halogens is 1. The summed E-state index contributed by atoms with van der Waals surface area (Å²) in [6.45, 7) is 1.92. The van der Waals surface area contributed by atoms with Crippen molar-refractivity contribution in [1.29, 1.82) is 0 Å². The number of nitrogens with zero attached hydrogens (tertiary/aromatic N) is 2. The Bertz CT molecular complexity index is 556. The van der Waals surface area contributed by atoms with E-state index >= 15 is 0 Å². The van der Waals surface area contributed by atoms with Gasteiger partial charge in [0.05, 0.1) is 0 Å². The predicted molar refractivity (Wildman–Crippen MR) is 82.8 cm³/mol. The predicted octanol–water partition coefficient (Wildman–Crippen LogP) is 3.73. The van der Waals surface area contributed by atoms with Gasteiger partial charge in [0.25, 0.3) is 0 Å². The first-order chi connectivity index (χ1) is 9.13. The molecular formula is C12H12BrN3OS2. The van der Waals surface area contributed by atoms with E-state index in [0.29, 0.717) is 12.2 Å². The van der Waals surface area contributed by atoms with E-state index in [1.165, 1.54) is 0 Å². The molecule has 0 atom stereocenters. The monoisotopic (exact) mass is 357 g/mol. The van der Waals surface area contributed by atoms with Crippen LogP contribution in [0.4, 0.5) is 5.69 Å². The SMILES string of the molecule is Cc1nnc(SCCC(=O)Nc2ccc(Br)cc2)s1. The number of nitrogens with one attached hydrogen (secondary N) is 1. The van der Waals surface area contributed by atoms with Crippen molar-refractivity contribution in [2.45, 2.75) is 17.7 Å². The van der Waals surface area contributed by atoms with Crippen molar-refractivity contribution in [3.63, 3.8) is 0 Å². The van der Waals surface area contributed by atoms with E-state index in [-0.39, 0.29) is 5.91 Å². The number of amides is 1. The zero-order chi connectivity index (χ0) is 13.7. The summed E-state index contributed by atoms with van der Waals surface area (Å²) in [5, 5.41) is 11.7. The van der Waals surface area contributed by atoms with Gasteiger partial charge in [0.15, 0.2) is 4.34 Å². The molecular weight excluding hydrogens is 346 g/mol. The molecule has 0 saturated carbocycles. The topological polar surface area (TPSA) is 54.9 Å². The molecule has 1 amide bonds. The van der Waals surface area contributed by atoms with Gasteiger partial charge in [0.2, 0.25) is 5.91 Å². The van der Waals surface area contributed by atoms with Crippen LogP contribution in [-0.2, 0) is 4.79 Å². The Balaban J connectivity index is 1.74. The first-order valence-corrected chi connectivity index (χ1v) is 8.21. The zero-order valence-electron chi connectivity index (χ0n) is 10.2. The van der Waals surface area contributed by atoms with Gasteiger partial charge in [-0.3, -0.25) is 4.79 Å². The average molecular weight is 358 g/mol. The maximum absolute atomic E-state index is 11.7. The fourth-order valence-electron chi connectivity index (χ4n) is 1.32. The van der Waals surface area contributed by atoms with E-state index in [4.69, 9.17) is 0 Å². The fraction of sp³-hybridized carbons (Fsp3) is 0.250. The highest BCUT2D eigenvalue weighted by molar-refractivity contribution is 9.10. The van der Waals surface area contributed by atoms with Crippen molar-refractivity contribution in [2.75, 3.05) is 11.1 Å². The maximum atomic E-state index is 11.7. The molecule has 2 aromatic rings. The molecule has 0 fully saturated rings. The van der Waals surface area contributed by atoms with E-state index in [0.717, 1.165) is 19.5 Å². The molecule has 0 aliphatic carbocycles. The Labute approximate surface area is 128 Å². The van der Waals surface area contributed by atoms with Gasteiger partial charge in [-0.1, -0.05) is 39.0 Å². The number of carbonyl (C=O) groups excluding carboxylic acids is 1. The van der Waals surface area contributed by atoms with Gasteiger partial charge < -0.3 is 5.32 Å². The standard InChI is InChI=1S/C12H12BrN3OS2/c1-8-15-16-12(19-8)18-7-6-11(17)14-10-4-2-9(13)3-5-10/h2-5H,6-7H2,1H3,(H,14,17). The van der Waals surface area contributed by atoms with Gasteiger partial charge in [-0.05, 0) is 31.2 Å². The Morgan fingerprint density at radius 2 is 2.11 bits per heavy atom. The number of benzene rings is 1. The summed E-state index contributed by atoms with van der Waals surface area (Å²) in [5.41, 5.74) is 0.810. The summed E-state index contributed by atoms with van der Waals surface area (Å²) in [6, 6.07) is 7.52. The lowest BCUT2D eigenvalue weighted by atomic mass is 10.3. The minimum absolute atomic E-state index is 0.0102. The highest BCUT2D eigenvalue weighted by Gasteiger charge is 2.05. The first kappa shape index (κ1) is 14.5. The number of aromatic nitrogens is 2. The largest absolute Gasteiger partial charge is 0.326 e. The number of hydrogen-bond acceptors (Lipinski definition) is 5. The van der Waals surface area contributed by atoms with Gasteiger partial charge in [0.1, 0.15) is 5.01 Å². The summed E-state index contributed by atoms with van der Waals surface area (Å²) >= 11 is 6.46. The van der Waals surface area contributed by atoms with E-state index in [1.807, 2.05) is 31.2 Å². The van der Waals surface area contributed by atoms with Gasteiger partial charge >= 0.3 is 0 Å². The number of carbonyl (C=O) groups is 1. The van der Waals surface area contributed by atoms with Crippen molar-refractivity contribution < 1.29 is 4.79 Å². The van der Waals surface area contributed by atoms with Crippen LogP contribution >= 0.6 is 39.0 Å². The summed E-state index contributed by atoms with van der Waals surface area (Å²) in [5.74, 6) is 0.716. The smallest absolute Gasteiger partial charge is 0.225 e. The molecule has 1 aromatic carbocycles. The molecule has 4 nitrogen and oxygen atoms in total. The lowest BCUT2D eigenvalue weighted by Crippen LogP contribution is -2.11. The second kappa shape index (κ2) is 7.02. The van der Waals surface area contributed by atoms with Crippen molar-refractivity contribution >= 4 is 50.6 Å². The minimum Gasteiger partial charge on any atom is -0.326 e. The van der Waals surface area contributed by atoms with Crippen LogP contribution in [0.5, 0.6) is 0 Å². The number of hydrogen-bond donors (Lipinski definition) is 1. The molecule has 1 heterocycles. The Kier molecular flexibility index (Phi) is 5.35.